The number of halogens is 3. The molecule has 1 aromatic rings. The molecule has 2 N–H and O–H groups in total. The molecule has 0 atom stereocenters. The van der Waals surface area contributed by atoms with Crippen LogP contribution >= 0.6 is 0 Å². The highest BCUT2D eigenvalue weighted by Gasteiger charge is 2.46. The average Bonchev–Trinajstić information content (AvgIpc) is 2.26. The summed E-state index contributed by atoms with van der Waals surface area (Å²) in [7, 11) is 0. The van der Waals surface area contributed by atoms with Crippen molar-refractivity contribution >= 4 is 17.3 Å². The Morgan fingerprint density at radius 3 is 2.58 bits per heavy atom. The van der Waals surface area contributed by atoms with Crippen molar-refractivity contribution < 1.29 is 18.0 Å². The van der Waals surface area contributed by atoms with Crippen LogP contribution in [0, 0.1) is 0 Å². The first-order chi connectivity index (χ1) is 8.63. The van der Waals surface area contributed by atoms with Crippen LogP contribution in [0.5, 0.6) is 0 Å². The fourth-order valence-corrected chi connectivity index (χ4v) is 2.35. The van der Waals surface area contributed by atoms with E-state index in [0.29, 0.717) is 17.7 Å². The molecular weight excluding hydrogens is 257 g/mol. The molecule has 1 amide bonds. The lowest BCUT2D eigenvalue weighted by Crippen LogP contribution is -2.46. The number of fused-ring (bicyclic) bond motifs is 1. The molecule has 6 heteroatoms. The first-order valence-corrected chi connectivity index (χ1v) is 5.91. The highest BCUT2D eigenvalue weighted by atomic mass is 19.4. The molecule has 2 rings (SSSR count). The number of rotatable bonds is 0. The van der Waals surface area contributed by atoms with Crippen LogP contribution in [0.2, 0.25) is 0 Å². The third-order valence-corrected chi connectivity index (χ3v) is 3.49. The number of benzene rings is 1. The van der Waals surface area contributed by atoms with Crippen molar-refractivity contribution in [2.24, 2.45) is 0 Å². The van der Waals surface area contributed by atoms with Crippen LogP contribution in [0.3, 0.4) is 0 Å². The number of hydrogen-bond acceptors (Lipinski definition) is 2. The Bertz CT molecular complexity index is 523. The van der Waals surface area contributed by atoms with Gasteiger partial charge in [0.25, 0.3) is 0 Å². The van der Waals surface area contributed by atoms with Crippen LogP contribution in [0.4, 0.5) is 24.5 Å². The van der Waals surface area contributed by atoms with Gasteiger partial charge in [0.05, 0.1) is 0 Å². The minimum absolute atomic E-state index is 0.0434. The predicted molar refractivity (Wildman–Crippen MR) is 66.9 cm³/mol. The summed E-state index contributed by atoms with van der Waals surface area (Å²) in [6.07, 6.45) is -4.39. The smallest absolute Gasteiger partial charge is 0.399 e. The van der Waals surface area contributed by atoms with Crippen LogP contribution in [0.15, 0.2) is 18.2 Å². The van der Waals surface area contributed by atoms with E-state index in [4.69, 9.17) is 5.73 Å². The molecule has 19 heavy (non-hydrogen) atoms. The lowest BCUT2D eigenvalue weighted by atomic mass is 9.77. The molecule has 0 saturated heterocycles. The predicted octanol–water partition coefficient (Wildman–Crippen LogP) is 2.85. The second kappa shape index (κ2) is 4.15. The number of alkyl halides is 3. The second-order valence-electron chi connectivity index (χ2n) is 5.37. The molecule has 0 saturated carbocycles. The average molecular weight is 272 g/mol. The SMILES string of the molecule is CC1(C)CCN(C(=O)C(F)(F)F)c2cc(N)ccc21. The topological polar surface area (TPSA) is 46.3 Å². The van der Waals surface area contributed by atoms with Crippen molar-refractivity contribution in [3.63, 3.8) is 0 Å². The van der Waals surface area contributed by atoms with Gasteiger partial charge in [0, 0.05) is 17.9 Å². The first-order valence-electron chi connectivity index (χ1n) is 5.91. The molecule has 0 aromatic heterocycles. The Morgan fingerprint density at radius 2 is 2.00 bits per heavy atom. The van der Waals surface area contributed by atoms with Crippen molar-refractivity contribution in [2.45, 2.75) is 31.9 Å². The molecule has 0 spiro atoms. The number of hydrogen-bond donors (Lipinski definition) is 1. The number of carbonyl (C=O) groups is 1. The van der Waals surface area contributed by atoms with Crippen LogP contribution in [-0.4, -0.2) is 18.6 Å². The van der Waals surface area contributed by atoms with E-state index >= 15 is 0 Å². The zero-order valence-electron chi connectivity index (χ0n) is 10.7. The number of nitrogens with zero attached hydrogens (tertiary/aromatic N) is 1. The van der Waals surface area contributed by atoms with Crippen LogP contribution < -0.4 is 10.6 Å². The zero-order chi connectivity index (χ0) is 14.4. The molecule has 0 aliphatic carbocycles. The van der Waals surface area contributed by atoms with Gasteiger partial charge in [0.2, 0.25) is 0 Å². The van der Waals surface area contributed by atoms with E-state index in [1.165, 1.54) is 6.07 Å². The third-order valence-electron chi connectivity index (χ3n) is 3.49. The van der Waals surface area contributed by atoms with Crippen molar-refractivity contribution in [1.82, 2.24) is 0 Å². The number of carbonyl (C=O) groups excluding carboxylic acids is 1. The highest BCUT2D eigenvalue weighted by molar-refractivity contribution is 5.99. The van der Waals surface area contributed by atoms with Gasteiger partial charge in [-0.1, -0.05) is 19.9 Å². The molecule has 1 aliphatic rings. The summed E-state index contributed by atoms with van der Waals surface area (Å²) < 4.78 is 37.8. The van der Waals surface area contributed by atoms with E-state index in [0.717, 1.165) is 4.90 Å². The van der Waals surface area contributed by atoms with Gasteiger partial charge in [-0.2, -0.15) is 13.2 Å². The minimum Gasteiger partial charge on any atom is -0.399 e. The Balaban J connectivity index is 2.52. The Kier molecular flexibility index (Phi) is 2.99. The molecule has 3 nitrogen and oxygen atoms in total. The van der Waals surface area contributed by atoms with Crippen LogP contribution in [-0.2, 0) is 10.2 Å². The summed E-state index contributed by atoms with van der Waals surface area (Å²) >= 11 is 0. The maximum absolute atomic E-state index is 12.6. The van der Waals surface area contributed by atoms with E-state index in [1.54, 1.807) is 12.1 Å². The highest BCUT2D eigenvalue weighted by Crippen LogP contribution is 2.41. The van der Waals surface area contributed by atoms with Crippen molar-refractivity contribution in [3.05, 3.63) is 23.8 Å². The molecule has 0 fully saturated rings. The molecule has 0 radical (unpaired) electrons. The molecule has 0 unspecified atom stereocenters. The van der Waals surface area contributed by atoms with Gasteiger partial charge < -0.3 is 10.6 Å². The standard InChI is InChI=1S/C13H15F3N2O/c1-12(2)5-6-18(11(19)13(14,15)16)10-7-8(17)3-4-9(10)12/h3-4,7H,5-6,17H2,1-2H3. The molecular formula is C13H15F3N2O. The summed E-state index contributed by atoms with van der Waals surface area (Å²) in [6, 6.07) is 4.77. The van der Waals surface area contributed by atoms with Crippen molar-refractivity contribution in [3.8, 4) is 0 Å². The van der Waals surface area contributed by atoms with Gasteiger partial charge in [-0.3, -0.25) is 4.79 Å². The van der Waals surface area contributed by atoms with Gasteiger partial charge in [-0.25, -0.2) is 0 Å². The summed E-state index contributed by atoms with van der Waals surface area (Å²) in [4.78, 5) is 12.2. The van der Waals surface area contributed by atoms with Gasteiger partial charge >= 0.3 is 12.1 Å². The molecule has 0 bridgehead atoms. The summed E-state index contributed by atoms with van der Waals surface area (Å²) in [5, 5.41) is 0. The van der Waals surface area contributed by atoms with E-state index < -0.39 is 12.1 Å². The molecule has 1 aromatic carbocycles. The lowest BCUT2D eigenvalue weighted by molar-refractivity contribution is -0.170. The van der Waals surface area contributed by atoms with Crippen LogP contribution in [0.1, 0.15) is 25.8 Å². The largest absolute Gasteiger partial charge is 0.471 e. The van der Waals surface area contributed by atoms with Crippen molar-refractivity contribution in [1.29, 1.82) is 0 Å². The summed E-state index contributed by atoms with van der Waals surface area (Å²) in [5.41, 5.74) is 6.67. The van der Waals surface area contributed by atoms with E-state index in [2.05, 4.69) is 0 Å². The lowest BCUT2D eigenvalue weighted by Gasteiger charge is -2.39. The molecule has 104 valence electrons. The Hall–Kier alpha value is -1.72. The quantitative estimate of drug-likeness (QED) is 0.738. The van der Waals surface area contributed by atoms with Gasteiger partial charge in [-0.05, 0) is 29.5 Å². The van der Waals surface area contributed by atoms with Crippen LogP contribution in [0.25, 0.3) is 0 Å². The minimum atomic E-state index is -4.87. The first kappa shape index (κ1) is 13.7. The summed E-state index contributed by atoms with van der Waals surface area (Å²) in [5.74, 6) is -1.84. The normalized spacial score (nSPS) is 18.1. The monoisotopic (exact) mass is 272 g/mol. The van der Waals surface area contributed by atoms with Gasteiger partial charge in [-0.15, -0.1) is 0 Å². The Morgan fingerprint density at radius 1 is 1.37 bits per heavy atom. The number of anilines is 2. The van der Waals surface area contributed by atoms with E-state index in [-0.39, 0.29) is 17.6 Å². The second-order valence-corrected chi connectivity index (χ2v) is 5.37. The van der Waals surface area contributed by atoms with E-state index in [9.17, 15) is 18.0 Å². The fraction of sp³-hybridized carbons (Fsp3) is 0.462. The molecule has 1 heterocycles. The number of amides is 1. The van der Waals surface area contributed by atoms with Gasteiger partial charge in [0.1, 0.15) is 0 Å². The van der Waals surface area contributed by atoms with Crippen molar-refractivity contribution in [2.75, 3.05) is 17.2 Å². The molecule has 1 aliphatic heterocycles. The maximum Gasteiger partial charge on any atom is 0.471 e. The van der Waals surface area contributed by atoms with E-state index in [1.807, 2.05) is 13.8 Å². The third kappa shape index (κ3) is 2.39. The number of nitrogen functional groups attached to an aromatic ring is 1. The maximum atomic E-state index is 12.6. The number of nitrogens with two attached hydrogens (primary N) is 1. The van der Waals surface area contributed by atoms with Gasteiger partial charge in [0.15, 0.2) is 0 Å². The zero-order valence-corrected chi connectivity index (χ0v) is 10.7. The Labute approximate surface area is 109 Å². The summed E-state index contributed by atoms with van der Waals surface area (Å²) in [6.45, 7) is 3.93. The fourth-order valence-electron chi connectivity index (χ4n) is 2.35.